The lowest BCUT2D eigenvalue weighted by atomic mass is 9.85. The van der Waals surface area contributed by atoms with Gasteiger partial charge in [-0.15, -0.1) is 0 Å². The standard InChI is InChI=1S/C23H23N3O3/c1-15-19(4-3-5-20(15)21-10-11-22(27)24-23(21)28)16-6-8-18(9-7-16)29-14-17-12-13-26(2)25-17/h3-9,12-13,21H,10-11,14H2,1-2H3,(H,24,27,28). The van der Waals surface area contributed by atoms with Crippen molar-refractivity contribution in [3.63, 3.8) is 0 Å². The van der Waals surface area contributed by atoms with Gasteiger partial charge in [0.1, 0.15) is 12.4 Å². The number of nitrogens with zero attached hydrogens (tertiary/aromatic N) is 2. The summed E-state index contributed by atoms with van der Waals surface area (Å²) in [5.41, 5.74) is 5.04. The highest BCUT2D eigenvalue weighted by atomic mass is 16.5. The Hall–Kier alpha value is -3.41. The summed E-state index contributed by atoms with van der Waals surface area (Å²) in [5.74, 6) is 0.0909. The highest BCUT2D eigenvalue weighted by Gasteiger charge is 2.29. The molecule has 0 radical (unpaired) electrons. The van der Waals surface area contributed by atoms with E-state index in [-0.39, 0.29) is 17.7 Å². The van der Waals surface area contributed by atoms with Crippen LogP contribution in [0.5, 0.6) is 5.75 Å². The predicted molar refractivity (Wildman–Crippen MR) is 109 cm³/mol. The third-order valence-corrected chi connectivity index (χ3v) is 5.31. The van der Waals surface area contributed by atoms with E-state index in [0.717, 1.165) is 33.7 Å². The number of benzene rings is 2. The molecule has 0 aliphatic carbocycles. The monoisotopic (exact) mass is 389 g/mol. The number of nitrogens with one attached hydrogen (secondary N) is 1. The largest absolute Gasteiger partial charge is 0.487 e. The fraction of sp³-hybridized carbons (Fsp3) is 0.261. The van der Waals surface area contributed by atoms with Crippen molar-refractivity contribution in [1.82, 2.24) is 15.1 Å². The normalized spacial score (nSPS) is 16.6. The molecule has 1 aliphatic rings. The van der Waals surface area contributed by atoms with Gasteiger partial charge in [0, 0.05) is 19.7 Å². The van der Waals surface area contributed by atoms with Gasteiger partial charge in [-0.3, -0.25) is 19.6 Å². The average molecular weight is 389 g/mol. The van der Waals surface area contributed by atoms with E-state index in [1.807, 2.05) is 62.6 Å². The minimum Gasteiger partial charge on any atom is -0.487 e. The molecule has 148 valence electrons. The SMILES string of the molecule is Cc1c(-c2ccc(OCc3ccn(C)n3)cc2)cccc1C1CCC(=O)NC1=O. The van der Waals surface area contributed by atoms with Crippen LogP contribution in [0.25, 0.3) is 11.1 Å². The number of aryl methyl sites for hydroxylation is 1. The van der Waals surface area contributed by atoms with E-state index in [4.69, 9.17) is 4.74 Å². The maximum Gasteiger partial charge on any atom is 0.234 e. The Balaban J connectivity index is 1.52. The summed E-state index contributed by atoms with van der Waals surface area (Å²) < 4.78 is 7.56. The number of hydrogen-bond donors (Lipinski definition) is 1. The lowest BCUT2D eigenvalue weighted by Gasteiger charge is -2.23. The van der Waals surface area contributed by atoms with Gasteiger partial charge < -0.3 is 4.74 Å². The van der Waals surface area contributed by atoms with Crippen LogP contribution in [-0.4, -0.2) is 21.6 Å². The Morgan fingerprint density at radius 2 is 1.93 bits per heavy atom. The van der Waals surface area contributed by atoms with E-state index in [9.17, 15) is 9.59 Å². The van der Waals surface area contributed by atoms with Gasteiger partial charge in [0.25, 0.3) is 0 Å². The molecule has 2 amide bonds. The Labute approximate surface area is 169 Å². The molecule has 0 spiro atoms. The Morgan fingerprint density at radius 1 is 1.14 bits per heavy atom. The van der Waals surface area contributed by atoms with E-state index >= 15 is 0 Å². The number of rotatable bonds is 5. The van der Waals surface area contributed by atoms with E-state index in [2.05, 4.69) is 16.5 Å². The molecule has 1 aromatic heterocycles. The third-order valence-electron chi connectivity index (χ3n) is 5.31. The fourth-order valence-corrected chi connectivity index (χ4v) is 3.76. The second-order valence-corrected chi connectivity index (χ2v) is 7.32. The minimum absolute atomic E-state index is 0.193. The maximum atomic E-state index is 12.3. The quantitative estimate of drug-likeness (QED) is 0.678. The van der Waals surface area contributed by atoms with E-state index < -0.39 is 0 Å². The molecule has 3 aromatic rings. The molecule has 1 saturated heterocycles. The summed E-state index contributed by atoms with van der Waals surface area (Å²) in [4.78, 5) is 23.7. The summed E-state index contributed by atoms with van der Waals surface area (Å²) in [6, 6.07) is 15.8. The minimum atomic E-state index is -0.284. The second-order valence-electron chi connectivity index (χ2n) is 7.32. The molecule has 6 heteroatoms. The number of imide groups is 1. The van der Waals surface area contributed by atoms with Gasteiger partial charge in [-0.1, -0.05) is 30.3 Å². The molecule has 2 heterocycles. The molecule has 1 fully saturated rings. The lowest BCUT2D eigenvalue weighted by Crippen LogP contribution is -2.39. The zero-order chi connectivity index (χ0) is 20.4. The molecule has 1 unspecified atom stereocenters. The van der Waals surface area contributed by atoms with Crippen LogP contribution in [0.3, 0.4) is 0 Å². The zero-order valence-corrected chi connectivity index (χ0v) is 16.5. The molecule has 0 saturated carbocycles. The van der Waals surface area contributed by atoms with Crippen LogP contribution in [0, 0.1) is 6.92 Å². The van der Waals surface area contributed by atoms with Crippen LogP contribution >= 0.6 is 0 Å². The van der Waals surface area contributed by atoms with Crippen molar-refractivity contribution in [3.05, 3.63) is 71.5 Å². The predicted octanol–water partition coefficient (Wildman–Crippen LogP) is 3.49. The number of hydrogen-bond acceptors (Lipinski definition) is 4. The lowest BCUT2D eigenvalue weighted by molar-refractivity contribution is -0.134. The van der Waals surface area contributed by atoms with Crippen molar-refractivity contribution in [2.24, 2.45) is 7.05 Å². The highest BCUT2D eigenvalue weighted by molar-refractivity contribution is 6.01. The first-order valence-electron chi connectivity index (χ1n) is 9.66. The van der Waals surface area contributed by atoms with Crippen LogP contribution in [0.2, 0.25) is 0 Å². The molecule has 29 heavy (non-hydrogen) atoms. The number of ether oxygens (including phenoxy) is 1. The van der Waals surface area contributed by atoms with Crippen molar-refractivity contribution in [2.75, 3.05) is 0 Å². The molecule has 2 aromatic carbocycles. The third kappa shape index (κ3) is 4.06. The van der Waals surface area contributed by atoms with Crippen molar-refractivity contribution in [3.8, 4) is 16.9 Å². The summed E-state index contributed by atoms with van der Waals surface area (Å²) in [5, 5.41) is 6.76. The smallest absolute Gasteiger partial charge is 0.234 e. The fourth-order valence-electron chi connectivity index (χ4n) is 3.76. The molecule has 1 N–H and O–H groups in total. The number of amides is 2. The van der Waals surface area contributed by atoms with Gasteiger partial charge in [-0.25, -0.2) is 0 Å². The number of carbonyl (C=O) groups is 2. The Kier molecular flexibility index (Phi) is 5.16. The van der Waals surface area contributed by atoms with Gasteiger partial charge in [0.15, 0.2) is 0 Å². The molecule has 0 bridgehead atoms. The zero-order valence-electron chi connectivity index (χ0n) is 16.5. The Morgan fingerprint density at radius 3 is 2.62 bits per heavy atom. The van der Waals surface area contributed by atoms with E-state index in [0.29, 0.717) is 19.4 Å². The number of piperidine rings is 1. The van der Waals surface area contributed by atoms with Gasteiger partial charge >= 0.3 is 0 Å². The molecule has 1 atom stereocenters. The van der Waals surface area contributed by atoms with Crippen molar-refractivity contribution < 1.29 is 14.3 Å². The summed E-state index contributed by atoms with van der Waals surface area (Å²) in [7, 11) is 1.88. The van der Waals surface area contributed by atoms with Crippen LogP contribution in [0.15, 0.2) is 54.7 Å². The first-order chi connectivity index (χ1) is 14.0. The van der Waals surface area contributed by atoms with Crippen LogP contribution in [0.1, 0.15) is 35.6 Å². The van der Waals surface area contributed by atoms with Crippen molar-refractivity contribution in [1.29, 1.82) is 0 Å². The first-order valence-corrected chi connectivity index (χ1v) is 9.66. The molecule has 1 aliphatic heterocycles. The van der Waals surface area contributed by atoms with Crippen LogP contribution in [-0.2, 0) is 23.2 Å². The van der Waals surface area contributed by atoms with Gasteiger partial charge in [-0.05, 0) is 53.8 Å². The van der Waals surface area contributed by atoms with Gasteiger partial charge in [0.2, 0.25) is 11.8 Å². The van der Waals surface area contributed by atoms with Crippen LogP contribution in [0.4, 0.5) is 0 Å². The summed E-state index contributed by atoms with van der Waals surface area (Å²) in [6.45, 7) is 2.45. The number of aromatic nitrogens is 2. The first kappa shape index (κ1) is 18.9. The Bertz CT molecular complexity index is 1050. The second kappa shape index (κ2) is 7.91. The molecule has 6 nitrogen and oxygen atoms in total. The average Bonchev–Trinajstić information content (AvgIpc) is 3.13. The topological polar surface area (TPSA) is 73.2 Å². The maximum absolute atomic E-state index is 12.3. The highest BCUT2D eigenvalue weighted by Crippen LogP contribution is 2.33. The number of carbonyl (C=O) groups excluding carboxylic acids is 2. The van der Waals surface area contributed by atoms with Gasteiger partial charge in [0.05, 0.1) is 11.6 Å². The van der Waals surface area contributed by atoms with Gasteiger partial charge in [-0.2, -0.15) is 5.10 Å². The van der Waals surface area contributed by atoms with E-state index in [1.165, 1.54) is 0 Å². The van der Waals surface area contributed by atoms with E-state index in [1.54, 1.807) is 4.68 Å². The van der Waals surface area contributed by atoms with Crippen molar-refractivity contribution in [2.45, 2.75) is 32.3 Å². The van der Waals surface area contributed by atoms with Crippen LogP contribution < -0.4 is 10.1 Å². The summed E-state index contributed by atoms with van der Waals surface area (Å²) in [6.07, 6.45) is 2.82. The summed E-state index contributed by atoms with van der Waals surface area (Å²) >= 11 is 0. The molecule has 4 rings (SSSR count). The molecular weight excluding hydrogens is 366 g/mol. The molecular formula is C23H23N3O3. The van der Waals surface area contributed by atoms with Crippen molar-refractivity contribution >= 4 is 11.8 Å².